The summed E-state index contributed by atoms with van der Waals surface area (Å²) in [6, 6.07) is 12.9. The van der Waals surface area contributed by atoms with Gasteiger partial charge in [0.2, 0.25) is 0 Å². The number of hydrogen-bond acceptors (Lipinski definition) is 7. The fourth-order valence-corrected chi connectivity index (χ4v) is 5.46. The Morgan fingerprint density at radius 3 is 2.80 bits per heavy atom. The van der Waals surface area contributed by atoms with Crippen LogP contribution in [0.4, 0.5) is 0 Å². The Kier molecular flexibility index (Phi) is 5.22. The normalized spacial score (nSPS) is 13.6. The highest BCUT2D eigenvalue weighted by Crippen LogP contribution is 2.31. The molecular formula is C24H20N8O2S. The van der Waals surface area contributed by atoms with Crippen molar-refractivity contribution in [1.82, 2.24) is 33.9 Å². The van der Waals surface area contributed by atoms with Crippen LogP contribution >= 0.6 is 11.8 Å². The van der Waals surface area contributed by atoms with Crippen LogP contribution in [0.15, 0.2) is 57.3 Å². The van der Waals surface area contributed by atoms with Crippen molar-refractivity contribution in [3.63, 3.8) is 0 Å². The second-order valence-corrected chi connectivity index (χ2v) is 9.33. The molecule has 1 aromatic carbocycles. The minimum absolute atomic E-state index is 0.155. The van der Waals surface area contributed by atoms with Gasteiger partial charge in [-0.1, -0.05) is 36.4 Å². The molecule has 0 spiro atoms. The molecule has 3 aliphatic rings. The van der Waals surface area contributed by atoms with E-state index in [0.29, 0.717) is 39.7 Å². The lowest BCUT2D eigenvalue weighted by atomic mass is 10.1. The number of H-pyrrole nitrogens is 1. The lowest BCUT2D eigenvalue weighted by Gasteiger charge is -2.17. The van der Waals surface area contributed by atoms with Gasteiger partial charge in [-0.2, -0.15) is 9.94 Å². The quantitative estimate of drug-likeness (QED) is 0.307. The van der Waals surface area contributed by atoms with Gasteiger partial charge in [-0.05, 0) is 31.4 Å². The molecule has 3 aromatic rings. The molecule has 0 atom stereocenters. The average molecular weight is 485 g/mol. The molecule has 0 aliphatic carbocycles. The smallest absolute Gasteiger partial charge is 0.284 e. The topological polar surface area (TPSA) is 127 Å². The van der Waals surface area contributed by atoms with Crippen LogP contribution < -0.4 is 11.1 Å². The van der Waals surface area contributed by atoms with E-state index >= 15 is 0 Å². The summed E-state index contributed by atoms with van der Waals surface area (Å²) >= 11 is 1.45. The Bertz CT molecular complexity index is 1690. The Hall–Kier alpha value is -4.17. The highest BCUT2D eigenvalue weighted by molar-refractivity contribution is 7.98. The third kappa shape index (κ3) is 3.63. The van der Waals surface area contributed by atoms with E-state index in [-0.39, 0.29) is 11.1 Å². The van der Waals surface area contributed by atoms with Gasteiger partial charge in [0.25, 0.3) is 11.1 Å². The van der Waals surface area contributed by atoms with Gasteiger partial charge in [-0.15, -0.1) is 5.10 Å². The summed E-state index contributed by atoms with van der Waals surface area (Å²) in [5.74, 6) is 0.819. The van der Waals surface area contributed by atoms with Gasteiger partial charge < -0.3 is 4.57 Å². The number of fused-ring (bicyclic) bond motifs is 4. The molecule has 5 heterocycles. The second-order valence-electron chi connectivity index (χ2n) is 8.39. The molecule has 10 nitrogen and oxygen atoms in total. The maximum Gasteiger partial charge on any atom is 0.284 e. The van der Waals surface area contributed by atoms with Crippen LogP contribution in [0.3, 0.4) is 0 Å². The molecule has 11 heteroatoms. The predicted octanol–water partition coefficient (Wildman–Crippen LogP) is 2.76. The number of aromatic nitrogens is 7. The molecule has 0 bridgehead atoms. The van der Waals surface area contributed by atoms with E-state index in [0.717, 1.165) is 43.1 Å². The summed E-state index contributed by atoms with van der Waals surface area (Å²) in [6.07, 6.45) is 5.32. The summed E-state index contributed by atoms with van der Waals surface area (Å²) in [7, 11) is 0. The molecule has 174 valence electrons. The van der Waals surface area contributed by atoms with E-state index in [4.69, 9.17) is 4.98 Å². The first-order valence-electron chi connectivity index (χ1n) is 11.3. The zero-order valence-corrected chi connectivity index (χ0v) is 19.5. The highest BCUT2D eigenvalue weighted by Gasteiger charge is 2.27. The van der Waals surface area contributed by atoms with Crippen molar-refractivity contribution < 1.29 is 0 Å². The van der Waals surface area contributed by atoms with E-state index in [1.165, 1.54) is 33.2 Å². The van der Waals surface area contributed by atoms with Gasteiger partial charge in [0.05, 0.1) is 11.4 Å². The van der Waals surface area contributed by atoms with Crippen LogP contribution in [0.2, 0.25) is 0 Å². The number of benzene rings is 1. The van der Waals surface area contributed by atoms with Crippen LogP contribution in [0.1, 0.15) is 36.2 Å². The molecule has 0 saturated heterocycles. The molecular weight excluding hydrogens is 464 g/mol. The Morgan fingerprint density at radius 1 is 1.11 bits per heavy atom. The van der Waals surface area contributed by atoms with Crippen molar-refractivity contribution in [1.29, 1.82) is 5.26 Å². The number of nitrogens with one attached hydrogen (secondary N) is 1. The number of thioether (sulfide) groups is 1. The number of para-hydroxylation sites is 1. The van der Waals surface area contributed by atoms with Crippen molar-refractivity contribution in [2.45, 2.75) is 43.1 Å². The van der Waals surface area contributed by atoms with Crippen LogP contribution in [-0.2, 0) is 18.7 Å². The summed E-state index contributed by atoms with van der Waals surface area (Å²) < 4.78 is 4.80. The zero-order chi connectivity index (χ0) is 23.9. The number of nitrogens with zero attached hydrogens (tertiary/aromatic N) is 7. The molecule has 0 fully saturated rings. The monoisotopic (exact) mass is 484 g/mol. The molecule has 6 rings (SSSR count). The SMILES string of the molecule is N#Cc1c[nH]n2c(=O)cc(CSc3nc4nn(-c5ccccc5)c(=O)c-4c4n3CCCCC4)nc12. The van der Waals surface area contributed by atoms with E-state index < -0.39 is 0 Å². The fraction of sp³-hybridized carbons (Fsp3) is 0.250. The third-order valence-electron chi connectivity index (χ3n) is 6.19. The molecule has 3 aliphatic heterocycles. The molecule has 0 amide bonds. The van der Waals surface area contributed by atoms with E-state index in [2.05, 4.69) is 25.8 Å². The zero-order valence-electron chi connectivity index (χ0n) is 18.6. The Balaban J connectivity index is 1.44. The molecule has 35 heavy (non-hydrogen) atoms. The summed E-state index contributed by atoms with van der Waals surface area (Å²) in [4.78, 5) is 35.1. The molecule has 1 N–H and O–H groups in total. The van der Waals surface area contributed by atoms with Gasteiger partial charge in [-0.25, -0.2) is 14.5 Å². The fourth-order valence-electron chi connectivity index (χ4n) is 4.53. The van der Waals surface area contributed by atoms with Gasteiger partial charge in [-0.3, -0.25) is 14.7 Å². The average Bonchev–Trinajstić information content (AvgIpc) is 3.34. The third-order valence-corrected chi connectivity index (χ3v) is 7.20. The van der Waals surface area contributed by atoms with Gasteiger partial charge in [0, 0.05) is 30.3 Å². The van der Waals surface area contributed by atoms with Crippen LogP contribution in [-0.4, -0.2) is 33.9 Å². The van der Waals surface area contributed by atoms with Gasteiger partial charge in [0.15, 0.2) is 16.6 Å². The summed E-state index contributed by atoms with van der Waals surface area (Å²) in [5.41, 5.74) is 2.98. The summed E-state index contributed by atoms with van der Waals surface area (Å²) in [5, 5.41) is 17.4. The maximum atomic E-state index is 13.4. The van der Waals surface area contributed by atoms with Crippen LogP contribution in [0.25, 0.3) is 22.7 Å². The minimum Gasteiger partial charge on any atom is -0.324 e. The van der Waals surface area contributed by atoms with Crippen molar-refractivity contribution in [3.8, 4) is 23.1 Å². The Morgan fingerprint density at radius 2 is 1.97 bits per heavy atom. The van der Waals surface area contributed by atoms with Gasteiger partial charge >= 0.3 is 0 Å². The lowest BCUT2D eigenvalue weighted by Crippen LogP contribution is -2.19. The van der Waals surface area contributed by atoms with Crippen LogP contribution in [0.5, 0.6) is 0 Å². The number of rotatable bonds is 4. The van der Waals surface area contributed by atoms with Crippen molar-refractivity contribution in [3.05, 3.63) is 80.3 Å². The van der Waals surface area contributed by atoms with Crippen molar-refractivity contribution in [2.24, 2.45) is 0 Å². The molecule has 0 radical (unpaired) electrons. The summed E-state index contributed by atoms with van der Waals surface area (Å²) in [6.45, 7) is 0.766. The largest absolute Gasteiger partial charge is 0.324 e. The van der Waals surface area contributed by atoms with Crippen molar-refractivity contribution >= 4 is 17.4 Å². The first kappa shape index (κ1) is 21.4. The number of nitriles is 1. The first-order valence-corrected chi connectivity index (χ1v) is 12.3. The predicted molar refractivity (Wildman–Crippen MR) is 130 cm³/mol. The number of hydrogen-bond donors (Lipinski definition) is 1. The van der Waals surface area contributed by atoms with E-state index in [1.807, 2.05) is 30.3 Å². The molecule has 0 unspecified atom stereocenters. The van der Waals surface area contributed by atoms with E-state index in [9.17, 15) is 14.9 Å². The first-order chi connectivity index (χ1) is 17.1. The Labute approximate surface area is 203 Å². The minimum atomic E-state index is -0.278. The number of aromatic amines is 1. The lowest BCUT2D eigenvalue weighted by molar-refractivity contribution is 0.571. The molecule has 0 saturated carbocycles. The van der Waals surface area contributed by atoms with Crippen LogP contribution in [0, 0.1) is 11.3 Å². The standard InChI is InChI=1S/C24H20N8O2S/c25-12-15-13-26-32-19(33)11-16(27-22(15)32)14-35-24-28-21-20(18-9-5-2-6-10-30(18)24)23(34)31(29-21)17-7-3-1-4-8-17/h1,3-4,7-8,11,13,26H,2,5-6,9-10,14H2. The maximum absolute atomic E-state index is 13.4. The van der Waals surface area contributed by atoms with E-state index in [1.54, 1.807) is 0 Å². The van der Waals surface area contributed by atoms with Gasteiger partial charge in [0.1, 0.15) is 17.2 Å². The highest BCUT2D eigenvalue weighted by atomic mass is 32.2. The van der Waals surface area contributed by atoms with Crippen molar-refractivity contribution in [2.75, 3.05) is 0 Å². The molecule has 2 aromatic heterocycles. The second kappa shape index (κ2) is 8.56.